The van der Waals surface area contributed by atoms with E-state index in [1.165, 1.54) is 0 Å². The van der Waals surface area contributed by atoms with Crippen LogP contribution in [0.5, 0.6) is 0 Å². The summed E-state index contributed by atoms with van der Waals surface area (Å²) >= 11 is 0. The van der Waals surface area contributed by atoms with Crippen LogP contribution in [0.3, 0.4) is 0 Å². The SMILES string of the molecule is NC(CCC(F)(F)F)C1(O)CCC1. The van der Waals surface area contributed by atoms with Gasteiger partial charge in [0.05, 0.1) is 5.60 Å². The summed E-state index contributed by atoms with van der Waals surface area (Å²) in [6.07, 6.45) is -3.33. The van der Waals surface area contributed by atoms with Gasteiger partial charge in [0.25, 0.3) is 0 Å². The van der Waals surface area contributed by atoms with Crippen molar-refractivity contribution in [2.24, 2.45) is 5.73 Å². The van der Waals surface area contributed by atoms with E-state index < -0.39 is 24.2 Å². The Morgan fingerprint density at radius 3 is 2.23 bits per heavy atom. The zero-order chi connectivity index (χ0) is 10.1. The van der Waals surface area contributed by atoms with Crippen LogP contribution in [-0.4, -0.2) is 22.9 Å². The molecule has 0 heterocycles. The molecule has 0 aliphatic heterocycles. The van der Waals surface area contributed by atoms with Crippen molar-refractivity contribution in [3.8, 4) is 0 Å². The number of rotatable bonds is 3. The molecule has 0 aromatic carbocycles. The molecule has 1 rings (SSSR count). The van der Waals surface area contributed by atoms with E-state index in [1.54, 1.807) is 0 Å². The Balaban J connectivity index is 2.29. The van der Waals surface area contributed by atoms with Crippen molar-refractivity contribution in [1.29, 1.82) is 0 Å². The zero-order valence-electron chi connectivity index (χ0n) is 7.27. The summed E-state index contributed by atoms with van der Waals surface area (Å²) in [6.45, 7) is 0. The number of nitrogens with two attached hydrogens (primary N) is 1. The molecule has 1 saturated carbocycles. The first kappa shape index (κ1) is 10.8. The Hall–Kier alpha value is -0.290. The van der Waals surface area contributed by atoms with Crippen LogP contribution in [0.1, 0.15) is 32.1 Å². The quantitative estimate of drug-likeness (QED) is 0.721. The average molecular weight is 197 g/mol. The van der Waals surface area contributed by atoms with E-state index in [9.17, 15) is 18.3 Å². The number of hydrogen-bond donors (Lipinski definition) is 2. The first-order valence-electron chi connectivity index (χ1n) is 4.38. The van der Waals surface area contributed by atoms with Gasteiger partial charge in [0.15, 0.2) is 0 Å². The van der Waals surface area contributed by atoms with Gasteiger partial charge in [-0.2, -0.15) is 13.2 Å². The normalized spacial score (nSPS) is 23.8. The van der Waals surface area contributed by atoms with Crippen LogP contribution in [0.2, 0.25) is 0 Å². The Bertz CT molecular complexity index is 177. The van der Waals surface area contributed by atoms with Crippen LogP contribution in [0.25, 0.3) is 0 Å². The molecule has 0 amide bonds. The van der Waals surface area contributed by atoms with Crippen molar-refractivity contribution in [1.82, 2.24) is 0 Å². The Morgan fingerprint density at radius 2 is 1.92 bits per heavy atom. The smallest absolute Gasteiger partial charge is 0.388 e. The molecule has 5 heteroatoms. The van der Waals surface area contributed by atoms with Crippen LogP contribution < -0.4 is 5.73 Å². The van der Waals surface area contributed by atoms with Crippen molar-refractivity contribution < 1.29 is 18.3 Å². The molecule has 0 saturated heterocycles. The Morgan fingerprint density at radius 1 is 1.38 bits per heavy atom. The molecular formula is C8H14F3NO. The second-order valence-electron chi connectivity index (χ2n) is 3.72. The first-order chi connectivity index (χ1) is 5.83. The lowest BCUT2D eigenvalue weighted by atomic mass is 9.74. The summed E-state index contributed by atoms with van der Waals surface area (Å²) in [5.41, 5.74) is 4.45. The average Bonchev–Trinajstić information content (AvgIpc) is 1.94. The van der Waals surface area contributed by atoms with Crippen molar-refractivity contribution in [2.75, 3.05) is 0 Å². The van der Waals surface area contributed by atoms with Crippen LogP contribution in [0.4, 0.5) is 13.2 Å². The minimum atomic E-state index is -4.17. The Labute approximate surface area is 74.9 Å². The first-order valence-corrected chi connectivity index (χ1v) is 4.38. The van der Waals surface area contributed by atoms with Gasteiger partial charge in [-0.25, -0.2) is 0 Å². The van der Waals surface area contributed by atoms with Gasteiger partial charge >= 0.3 is 6.18 Å². The summed E-state index contributed by atoms with van der Waals surface area (Å²) in [5.74, 6) is 0. The fourth-order valence-electron chi connectivity index (χ4n) is 1.50. The summed E-state index contributed by atoms with van der Waals surface area (Å²) in [7, 11) is 0. The van der Waals surface area contributed by atoms with Gasteiger partial charge in [-0.05, 0) is 25.7 Å². The molecule has 3 N–H and O–H groups in total. The molecule has 1 aliphatic carbocycles. The molecule has 0 bridgehead atoms. The molecule has 0 spiro atoms. The van der Waals surface area contributed by atoms with Gasteiger partial charge in [-0.15, -0.1) is 0 Å². The van der Waals surface area contributed by atoms with Crippen molar-refractivity contribution in [3.05, 3.63) is 0 Å². The highest BCUT2D eigenvalue weighted by Crippen LogP contribution is 2.36. The molecular weight excluding hydrogens is 183 g/mol. The second kappa shape index (κ2) is 3.46. The topological polar surface area (TPSA) is 46.2 Å². The van der Waals surface area contributed by atoms with E-state index in [1.807, 2.05) is 0 Å². The van der Waals surface area contributed by atoms with E-state index in [4.69, 9.17) is 5.73 Å². The van der Waals surface area contributed by atoms with E-state index in [-0.39, 0.29) is 6.42 Å². The van der Waals surface area contributed by atoms with Gasteiger partial charge < -0.3 is 10.8 Å². The van der Waals surface area contributed by atoms with E-state index in [2.05, 4.69) is 0 Å². The van der Waals surface area contributed by atoms with Gasteiger partial charge in [0, 0.05) is 12.5 Å². The summed E-state index contributed by atoms with van der Waals surface area (Å²) in [4.78, 5) is 0. The van der Waals surface area contributed by atoms with Crippen molar-refractivity contribution in [2.45, 2.75) is 49.9 Å². The lowest BCUT2D eigenvalue weighted by Gasteiger charge is -2.41. The number of alkyl halides is 3. The van der Waals surface area contributed by atoms with E-state index in [0.717, 1.165) is 6.42 Å². The molecule has 0 radical (unpaired) electrons. The van der Waals surface area contributed by atoms with Crippen LogP contribution in [0.15, 0.2) is 0 Å². The molecule has 0 aromatic heterocycles. The molecule has 13 heavy (non-hydrogen) atoms. The van der Waals surface area contributed by atoms with Gasteiger partial charge in [-0.1, -0.05) is 0 Å². The maximum atomic E-state index is 11.8. The maximum Gasteiger partial charge on any atom is 0.389 e. The lowest BCUT2D eigenvalue weighted by Crippen LogP contribution is -2.53. The summed E-state index contributed by atoms with van der Waals surface area (Å²) < 4.78 is 35.4. The largest absolute Gasteiger partial charge is 0.389 e. The maximum absolute atomic E-state index is 11.8. The molecule has 1 atom stereocenters. The standard InChI is InChI=1S/C8H14F3NO/c9-8(10,11)5-2-6(12)7(13)3-1-4-7/h6,13H,1-5,12H2. The third kappa shape index (κ3) is 2.84. The fourth-order valence-corrected chi connectivity index (χ4v) is 1.50. The zero-order valence-corrected chi connectivity index (χ0v) is 7.27. The van der Waals surface area contributed by atoms with Gasteiger partial charge in [-0.3, -0.25) is 0 Å². The number of halogens is 3. The highest BCUT2D eigenvalue weighted by Gasteiger charge is 2.41. The van der Waals surface area contributed by atoms with Gasteiger partial charge in [0.2, 0.25) is 0 Å². The third-order valence-corrected chi connectivity index (χ3v) is 2.65. The van der Waals surface area contributed by atoms with Gasteiger partial charge in [0.1, 0.15) is 0 Å². The molecule has 2 nitrogen and oxygen atoms in total. The number of aliphatic hydroxyl groups is 1. The Kier molecular flexibility index (Phi) is 2.87. The summed E-state index contributed by atoms with van der Waals surface area (Å²) in [5, 5.41) is 9.58. The molecule has 78 valence electrons. The highest BCUT2D eigenvalue weighted by molar-refractivity contribution is 4.96. The third-order valence-electron chi connectivity index (χ3n) is 2.65. The van der Waals surface area contributed by atoms with Crippen molar-refractivity contribution in [3.63, 3.8) is 0 Å². The molecule has 0 aromatic rings. The van der Waals surface area contributed by atoms with Crippen LogP contribution in [-0.2, 0) is 0 Å². The molecule has 1 fully saturated rings. The second-order valence-corrected chi connectivity index (χ2v) is 3.72. The fraction of sp³-hybridized carbons (Fsp3) is 1.00. The monoisotopic (exact) mass is 197 g/mol. The predicted molar refractivity (Wildman–Crippen MR) is 42.1 cm³/mol. The van der Waals surface area contributed by atoms with Crippen LogP contribution in [0, 0.1) is 0 Å². The highest BCUT2D eigenvalue weighted by atomic mass is 19.4. The summed E-state index contributed by atoms with van der Waals surface area (Å²) in [6, 6.07) is -0.733. The van der Waals surface area contributed by atoms with Crippen molar-refractivity contribution >= 4 is 0 Å². The minimum absolute atomic E-state index is 0.181. The van der Waals surface area contributed by atoms with Crippen LogP contribution >= 0.6 is 0 Å². The minimum Gasteiger partial charge on any atom is -0.388 e. The van der Waals surface area contributed by atoms with E-state index in [0.29, 0.717) is 12.8 Å². The number of hydrogen-bond acceptors (Lipinski definition) is 2. The predicted octanol–water partition coefficient (Wildman–Crippen LogP) is 1.57. The lowest BCUT2D eigenvalue weighted by molar-refractivity contribution is -0.142. The molecule has 1 aliphatic rings. The molecule has 1 unspecified atom stereocenters. The van der Waals surface area contributed by atoms with E-state index >= 15 is 0 Å².